The normalized spacial score (nSPS) is 10.6. The number of pyridine rings is 1. The predicted octanol–water partition coefficient (Wildman–Crippen LogP) is 3.26. The fourth-order valence-electron chi connectivity index (χ4n) is 1.62. The van der Waals surface area contributed by atoms with Crippen molar-refractivity contribution in [3.8, 4) is 11.8 Å². The van der Waals surface area contributed by atoms with Crippen molar-refractivity contribution in [2.45, 2.75) is 26.4 Å². The van der Waals surface area contributed by atoms with Gasteiger partial charge in [-0.3, -0.25) is 0 Å². The second kappa shape index (κ2) is 5.77. The molecule has 0 saturated heterocycles. The van der Waals surface area contributed by atoms with Gasteiger partial charge in [-0.05, 0) is 57.2 Å². The van der Waals surface area contributed by atoms with E-state index in [1.807, 2.05) is 49.4 Å². The molecule has 0 unspecified atom stereocenters. The Morgan fingerprint density at radius 3 is 2.40 bits per heavy atom. The van der Waals surface area contributed by atoms with Crippen molar-refractivity contribution in [1.82, 2.24) is 4.98 Å². The maximum atomic E-state index is 9.56. The summed E-state index contributed by atoms with van der Waals surface area (Å²) in [6.07, 6.45) is 0. The van der Waals surface area contributed by atoms with Gasteiger partial charge in [-0.15, -0.1) is 0 Å². The molecule has 2 rings (SSSR count). The van der Waals surface area contributed by atoms with Crippen LogP contribution in [-0.4, -0.2) is 15.7 Å². The molecule has 102 valence electrons. The van der Waals surface area contributed by atoms with Gasteiger partial charge in [-0.2, -0.15) is 0 Å². The second-order valence-corrected chi connectivity index (χ2v) is 5.18. The van der Waals surface area contributed by atoms with E-state index >= 15 is 0 Å². The maximum Gasteiger partial charge on any atom is 0.130 e. The Bertz CT molecular complexity index is 643. The van der Waals surface area contributed by atoms with Gasteiger partial charge >= 0.3 is 0 Å². The number of aromatic nitrogens is 1. The summed E-state index contributed by atoms with van der Waals surface area (Å²) in [4.78, 5) is 4.39. The SMILES string of the molecule is Cc1cccc(Nc2ccc(C#CC(C)(C)O)cc2)n1. The van der Waals surface area contributed by atoms with Gasteiger partial charge in [-0.25, -0.2) is 4.98 Å². The molecule has 2 aromatic rings. The Morgan fingerprint density at radius 2 is 1.80 bits per heavy atom. The summed E-state index contributed by atoms with van der Waals surface area (Å²) in [5.41, 5.74) is 1.83. The molecule has 0 aliphatic carbocycles. The van der Waals surface area contributed by atoms with Gasteiger partial charge in [0, 0.05) is 16.9 Å². The van der Waals surface area contributed by atoms with E-state index < -0.39 is 5.60 Å². The van der Waals surface area contributed by atoms with Crippen LogP contribution in [0, 0.1) is 18.8 Å². The molecule has 3 nitrogen and oxygen atoms in total. The molecule has 0 atom stereocenters. The lowest BCUT2D eigenvalue weighted by Gasteiger charge is -2.07. The summed E-state index contributed by atoms with van der Waals surface area (Å²) in [7, 11) is 0. The largest absolute Gasteiger partial charge is 0.378 e. The summed E-state index contributed by atoms with van der Waals surface area (Å²) in [6.45, 7) is 5.29. The van der Waals surface area contributed by atoms with E-state index in [4.69, 9.17) is 0 Å². The monoisotopic (exact) mass is 266 g/mol. The van der Waals surface area contributed by atoms with Crippen LogP contribution in [0.25, 0.3) is 0 Å². The summed E-state index contributed by atoms with van der Waals surface area (Å²) >= 11 is 0. The van der Waals surface area contributed by atoms with E-state index in [9.17, 15) is 5.11 Å². The van der Waals surface area contributed by atoms with Crippen LogP contribution in [0.3, 0.4) is 0 Å². The summed E-state index contributed by atoms with van der Waals surface area (Å²) in [6, 6.07) is 13.6. The third-order valence-electron chi connectivity index (χ3n) is 2.56. The van der Waals surface area contributed by atoms with E-state index in [1.165, 1.54) is 0 Å². The van der Waals surface area contributed by atoms with E-state index in [2.05, 4.69) is 22.1 Å². The molecule has 1 aromatic heterocycles. The highest BCUT2D eigenvalue weighted by Gasteiger charge is 2.05. The number of aliphatic hydroxyl groups is 1. The fourth-order valence-corrected chi connectivity index (χ4v) is 1.62. The number of nitrogens with one attached hydrogen (secondary N) is 1. The first-order valence-corrected chi connectivity index (χ1v) is 6.49. The van der Waals surface area contributed by atoms with Crippen LogP contribution in [0.1, 0.15) is 25.1 Å². The molecule has 0 saturated carbocycles. The van der Waals surface area contributed by atoms with Crippen LogP contribution in [0.4, 0.5) is 11.5 Å². The Balaban J connectivity index is 2.10. The minimum Gasteiger partial charge on any atom is -0.378 e. The van der Waals surface area contributed by atoms with E-state index in [0.29, 0.717) is 0 Å². The molecule has 1 aromatic carbocycles. The van der Waals surface area contributed by atoms with Gasteiger partial charge < -0.3 is 10.4 Å². The average Bonchev–Trinajstić information content (AvgIpc) is 2.37. The number of nitrogens with zero attached hydrogens (tertiary/aromatic N) is 1. The molecule has 1 heterocycles. The topological polar surface area (TPSA) is 45.1 Å². The van der Waals surface area contributed by atoms with Crippen molar-refractivity contribution >= 4 is 11.5 Å². The van der Waals surface area contributed by atoms with Crippen LogP contribution in [0.5, 0.6) is 0 Å². The average molecular weight is 266 g/mol. The molecule has 20 heavy (non-hydrogen) atoms. The molecule has 0 amide bonds. The van der Waals surface area contributed by atoms with Crippen LogP contribution in [0.2, 0.25) is 0 Å². The third kappa shape index (κ3) is 4.42. The molecule has 0 bridgehead atoms. The molecule has 3 heteroatoms. The van der Waals surface area contributed by atoms with Gasteiger partial charge in [-0.1, -0.05) is 17.9 Å². The Hall–Kier alpha value is -2.31. The highest BCUT2D eigenvalue weighted by molar-refractivity contribution is 5.57. The van der Waals surface area contributed by atoms with E-state index in [-0.39, 0.29) is 0 Å². The zero-order valence-electron chi connectivity index (χ0n) is 11.9. The van der Waals surface area contributed by atoms with Crippen molar-refractivity contribution in [3.05, 3.63) is 53.7 Å². The molecular weight excluding hydrogens is 248 g/mol. The van der Waals surface area contributed by atoms with Gasteiger partial charge in [0.25, 0.3) is 0 Å². The van der Waals surface area contributed by atoms with Crippen molar-refractivity contribution in [2.75, 3.05) is 5.32 Å². The Labute approximate surface area is 119 Å². The number of hydrogen-bond donors (Lipinski definition) is 2. The first-order chi connectivity index (χ1) is 9.42. The van der Waals surface area contributed by atoms with Gasteiger partial charge in [0.2, 0.25) is 0 Å². The van der Waals surface area contributed by atoms with Crippen molar-refractivity contribution in [1.29, 1.82) is 0 Å². The zero-order valence-corrected chi connectivity index (χ0v) is 11.9. The molecular formula is C17H18N2O. The number of benzene rings is 1. The molecule has 0 spiro atoms. The Morgan fingerprint density at radius 1 is 1.10 bits per heavy atom. The summed E-state index contributed by atoms with van der Waals surface area (Å²) < 4.78 is 0. The molecule has 2 N–H and O–H groups in total. The van der Waals surface area contributed by atoms with E-state index in [0.717, 1.165) is 22.8 Å². The predicted molar refractivity (Wildman–Crippen MR) is 81.9 cm³/mol. The maximum absolute atomic E-state index is 9.56. The molecule has 0 aliphatic rings. The lowest BCUT2D eigenvalue weighted by Crippen LogP contribution is -2.14. The zero-order chi connectivity index (χ0) is 14.6. The third-order valence-corrected chi connectivity index (χ3v) is 2.56. The number of aryl methyl sites for hydroxylation is 1. The van der Waals surface area contributed by atoms with Crippen LogP contribution < -0.4 is 5.32 Å². The van der Waals surface area contributed by atoms with E-state index in [1.54, 1.807) is 13.8 Å². The van der Waals surface area contributed by atoms with Crippen molar-refractivity contribution in [3.63, 3.8) is 0 Å². The van der Waals surface area contributed by atoms with Gasteiger partial charge in [0.15, 0.2) is 0 Å². The fraction of sp³-hybridized carbons (Fsp3) is 0.235. The molecule has 0 aliphatic heterocycles. The van der Waals surface area contributed by atoms with Crippen LogP contribution in [-0.2, 0) is 0 Å². The standard InChI is InChI=1S/C17H18N2O/c1-13-5-4-6-16(18-13)19-15-9-7-14(8-10-15)11-12-17(2,3)20/h4-10,20H,1-3H3,(H,18,19). The van der Waals surface area contributed by atoms with Gasteiger partial charge in [0.1, 0.15) is 11.4 Å². The molecule has 0 radical (unpaired) electrons. The van der Waals surface area contributed by atoms with Crippen molar-refractivity contribution in [2.24, 2.45) is 0 Å². The smallest absolute Gasteiger partial charge is 0.130 e. The summed E-state index contributed by atoms with van der Waals surface area (Å²) in [5.74, 6) is 6.55. The minimum absolute atomic E-state index is 0.820. The van der Waals surface area contributed by atoms with Crippen molar-refractivity contribution < 1.29 is 5.11 Å². The number of hydrogen-bond acceptors (Lipinski definition) is 3. The molecule has 0 fully saturated rings. The summed E-state index contributed by atoms with van der Waals surface area (Å²) in [5, 5.41) is 12.8. The Kier molecular flexibility index (Phi) is 4.07. The highest BCUT2D eigenvalue weighted by atomic mass is 16.3. The van der Waals surface area contributed by atoms with Gasteiger partial charge in [0.05, 0.1) is 0 Å². The highest BCUT2D eigenvalue weighted by Crippen LogP contribution is 2.15. The number of anilines is 2. The van der Waals surface area contributed by atoms with Crippen LogP contribution >= 0.6 is 0 Å². The quantitative estimate of drug-likeness (QED) is 0.820. The lowest BCUT2D eigenvalue weighted by molar-refractivity contribution is 0.143. The lowest BCUT2D eigenvalue weighted by atomic mass is 10.1. The first kappa shape index (κ1) is 14.1. The first-order valence-electron chi connectivity index (χ1n) is 6.49. The second-order valence-electron chi connectivity index (χ2n) is 5.18. The number of rotatable bonds is 2. The minimum atomic E-state index is -0.970. The van der Waals surface area contributed by atoms with Crippen LogP contribution in [0.15, 0.2) is 42.5 Å².